The predicted octanol–water partition coefficient (Wildman–Crippen LogP) is -0.109. The largest absolute Gasteiger partial charge is 0.370 e. The second kappa shape index (κ2) is 6.54. The maximum absolute atomic E-state index is 11.7. The molecule has 0 spiro atoms. The first kappa shape index (κ1) is 15.5. The van der Waals surface area contributed by atoms with Crippen LogP contribution in [0.1, 0.15) is 39.0 Å². The van der Waals surface area contributed by atoms with E-state index >= 15 is 0 Å². The highest BCUT2D eigenvalue weighted by molar-refractivity contribution is 5.89. The van der Waals surface area contributed by atoms with Crippen LogP contribution >= 0.6 is 0 Å². The maximum Gasteiger partial charge on any atom is 0.221 e. The number of carbonyl (C=O) groups excluding carboxylic acids is 3. The van der Waals surface area contributed by atoms with E-state index in [0.717, 1.165) is 25.7 Å². The van der Waals surface area contributed by atoms with Gasteiger partial charge in [-0.1, -0.05) is 26.2 Å². The normalized spacial score (nSPS) is 26.4. The van der Waals surface area contributed by atoms with Crippen LogP contribution in [0.3, 0.4) is 0 Å². The fourth-order valence-electron chi connectivity index (χ4n) is 3.21. The van der Waals surface area contributed by atoms with E-state index in [1.54, 1.807) is 0 Å². The lowest BCUT2D eigenvalue weighted by molar-refractivity contribution is -0.137. The van der Waals surface area contributed by atoms with Crippen LogP contribution in [0.25, 0.3) is 0 Å². The third kappa shape index (κ3) is 3.94. The molecule has 0 radical (unpaired) electrons. The summed E-state index contributed by atoms with van der Waals surface area (Å²) in [5.74, 6) is -3.17. The summed E-state index contributed by atoms with van der Waals surface area (Å²) < 4.78 is 0. The first-order chi connectivity index (χ1) is 8.84. The summed E-state index contributed by atoms with van der Waals surface area (Å²) in [5, 5.41) is 0. The van der Waals surface area contributed by atoms with Gasteiger partial charge in [-0.15, -0.1) is 0 Å². The Bertz CT molecular complexity index is 370. The van der Waals surface area contributed by atoms with Gasteiger partial charge < -0.3 is 17.2 Å². The number of hydrogen-bond acceptors (Lipinski definition) is 3. The standard InChI is InChI=1S/C13H23N3O3/c1-7-4-2-3-5-8(7)11(13(16)19)9(12(15)18)6-10(14)17/h7-9,11H,2-6H2,1H3,(H2,14,17)(H2,15,18)(H2,16,19). The van der Waals surface area contributed by atoms with Gasteiger partial charge in [-0.3, -0.25) is 14.4 Å². The smallest absolute Gasteiger partial charge is 0.221 e. The van der Waals surface area contributed by atoms with Crippen molar-refractivity contribution in [1.82, 2.24) is 0 Å². The van der Waals surface area contributed by atoms with Gasteiger partial charge >= 0.3 is 0 Å². The first-order valence-electron chi connectivity index (χ1n) is 6.71. The van der Waals surface area contributed by atoms with Crippen molar-refractivity contribution < 1.29 is 14.4 Å². The van der Waals surface area contributed by atoms with Crippen molar-refractivity contribution in [2.24, 2.45) is 40.9 Å². The average molecular weight is 269 g/mol. The SMILES string of the molecule is CC1CCCCC1C(C(N)=O)C(CC(N)=O)C(N)=O. The lowest BCUT2D eigenvalue weighted by Gasteiger charge is -2.36. The third-order valence-corrected chi connectivity index (χ3v) is 4.19. The molecular weight excluding hydrogens is 246 g/mol. The van der Waals surface area contributed by atoms with Crippen LogP contribution in [-0.2, 0) is 14.4 Å². The molecule has 0 aromatic heterocycles. The predicted molar refractivity (Wildman–Crippen MR) is 70.3 cm³/mol. The highest BCUT2D eigenvalue weighted by Crippen LogP contribution is 2.38. The molecule has 0 bridgehead atoms. The van der Waals surface area contributed by atoms with E-state index in [0.29, 0.717) is 5.92 Å². The Morgan fingerprint density at radius 2 is 1.63 bits per heavy atom. The molecule has 1 aliphatic rings. The molecule has 4 unspecified atom stereocenters. The van der Waals surface area contributed by atoms with Crippen molar-refractivity contribution in [1.29, 1.82) is 0 Å². The lowest BCUT2D eigenvalue weighted by atomic mass is 9.68. The van der Waals surface area contributed by atoms with Gasteiger partial charge in [-0.2, -0.15) is 0 Å². The van der Waals surface area contributed by atoms with Crippen molar-refractivity contribution in [3.8, 4) is 0 Å². The number of hydrogen-bond donors (Lipinski definition) is 3. The minimum atomic E-state index is -0.888. The average Bonchev–Trinajstić information content (AvgIpc) is 2.29. The summed E-state index contributed by atoms with van der Waals surface area (Å²) in [6.45, 7) is 2.04. The fourth-order valence-corrected chi connectivity index (χ4v) is 3.21. The van der Waals surface area contributed by atoms with Crippen molar-refractivity contribution in [3.05, 3.63) is 0 Å². The minimum absolute atomic E-state index is 0.00287. The molecule has 0 aromatic rings. The zero-order chi connectivity index (χ0) is 14.6. The lowest BCUT2D eigenvalue weighted by Crippen LogP contribution is -2.45. The zero-order valence-electron chi connectivity index (χ0n) is 11.3. The van der Waals surface area contributed by atoms with Gasteiger partial charge in [0.2, 0.25) is 17.7 Å². The van der Waals surface area contributed by atoms with E-state index in [1.165, 1.54) is 0 Å². The second-order valence-electron chi connectivity index (χ2n) is 5.53. The molecule has 19 heavy (non-hydrogen) atoms. The van der Waals surface area contributed by atoms with Crippen molar-refractivity contribution in [2.45, 2.75) is 39.0 Å². The van der Waals surface area contributed by atoms with Crippen LogP contribution in [0.2, 0.25) is 0 Å². The van der Waals surface area contributed by atoms with Gasteiger partial charge in [0.15, 0.2) is 0 Å². The molecule has 1 rings (SSSR count). The van der Waals surface area contributed by atoms with E-state index in [1.807, 2.05) is 6.92 Å². The molecule has 0 aromatic carbocycles. The molecule has 6 N–H and O–H groups in total. The summed E-state index contributed by atoms with van der Waals surface area (Å²) in [4.78, 5) is 34.3. The Hall–Kier alpha value is -1.59. The molecule has 0 heterocycles. The Kier molecular flexibility index (Phi) is 5.32. The highest BCUT2D eigenvalue weighted by Gasteiger charge is 2.40. The van der Waals surface area contributed by atoms with E-state index in [-0.39, 0.29) is 12.3 Å². The van der Waals surface area contributed by atoms with Gasteiger partial charge in [0, 0.05) is 6.42 Å². The Labute approximate surface area is 113 Å². The molecular formula is C13H23N3O3. The van der Waals surface area contributed by atoms with Gasteiger partial charge in [-0.05, 0) is 18.3 Å². The summed E-state index contributed by atoms with van der Waals surface area (Å²) in [6, 6.07) is 0. The number of nitrogens with two attached hydrogens (primary N) is 3. The number of primary amides is 3. The minimum Gasteiger partial charge on any atom is -0.370 e. The van der Waals surface area contributed by atoms with Gasteiger partial charge in [0.1, 0.15) is 0 Å². The van der Waals surface area contributed by atoms with E-state index in [9.17, 15) is 14.4 Å². The van der Waals surface area contributed by atoms with Crippen LogP contribution in [0.15, 0.2) is 0 Å². The van der Waals surface area contributed by atoms with Gasteiger partial charge in [-0.25, -0.2) is 0 Å². The molecule has 1 saturated carbocycles. The summed E-state index contributed by atoms with van der Waals surface area (Å²) in [7, 11) is 0. The molecule has 6 heteroatoms. The van der Waals surface area contributed by atoms with E-state index in [4.69, 9.17) is 17.2 Å². The van der Waals surface area contributed by atoms with Gasteiger partial charge in [0.05, 0.1) is 11.8 Å². The van der Waals surface area contributed by atoms with E-state index < -0.39 is 29.6 Å². The monoisotopic (exact) mass is 269 g/mol. The maximum atomic E-state index is 11.7. The van der Waals surface area contributed by atoms with Crippen LogP contribution in [0, 0.1) is 23.7 Å². The Morgan fingerprint density at radius 3 is 2.05 bits per heavy atom. The van der Waals surface area contributed by atoms with Crippen LogP contribution in [0.5, 0.6) is 0 Å². The summed E-state index contributed by atoms with van der Waals surface area (Å²) >= 11 is 0. The van der Waals surface area contributed by atoms with Crippen LogP contribution in [0.4, 0.5) is 0 Å². The first-order valence-corrected chi connectivity index (χ1v) is 6.71. The quantitative estimate of drug-likeness (QED) is 0.622. The Balaban J connectivity index is 2.98. The van der Waals surface area contributed by atoms with Crippen molar-refractivity contribution in [2.75, 3.05) is 0 Å². The molecule has 4 atom stereocenters. The second-order valence-corrected chi connectivity index (χ2v) is 5.53. The zero-order valence-corrected chi connectivity index (χ0v) is 11.3. The van der Waals surface area contributed by atoms with Gasteiger partial charge in [0.25, 0.3) is 0 Å². The molecule has 0 saturated heterocycles. The molecule has 1 aliphatic carbocycles. The third-order valence-electron chi connectivity index (χ3n) is 4.19. The molecule has 0 aliphatic heterocycles. The van der Waals surface area contributed by atoms with Crippen LogP contribution in [-0.4, -0.2) is 17.7 Å². The highest BCUT2D eigenvalue weighted by atomic mass is 16.2. The van der Waals surface area contributed by atoms with Crippen LogP contribution < -0.4 is 17.2 Å². The van der Waals surface area contributed by atoms with Crippen molar-refractivity contribution >= 4 is 17.7 Å². The number of amides is 3. The molecule has 1 fully saturated rings. The topological polar surface area (TPSA) is 129 Å². The fraction of sp³-hybridized carbons (Fsp3) is 0.769. The van der Waals surface area contributed by atoms with E-state index in [2.05, 4.69) is 0 Å². The summed E-state index contributed by atoms with van der Waals surface area (Å²) in [6.07, 6.45) is 3.72. The Morgan fingerprint density at radius 1 is 1.05 bits per heavy atom. The molecule has 3 amide bonds. The number of rotatable bonds is 6. The molecule has 6 nitrogen and oxygen atoms in total. The molecule has 108 valence electrons. The summed E-state index contributed by atoms with van der Waals surface area (Å²) in [5.41, 5.74) is 15.9. The van der Waals surface area contributed by atoms with Crippen molar-refractivity contribution in [3.63, 3.8) is 0 Å². The number of carbonyl (C=O) groups is 3.